The third-order valence-corrected chi connectivity index (χ3v) is 12.4. The van der Waals surface area contributed by atoms with Gasteiger partial charge in [0.25, 0.3) is 0 Å². The van der Waals surface area contributed by atoms with Crippen LogP contribution in [0, 0.1) is 0 Å². The summed E-state index contributed by atoms with van der Waals surface area (Å²) < 4.78 is 2.66. The molecule has 0 bridgehead atoms. The number of thiophene rings is 1. The zero-order valence-corrected chi connectivity index (χ0v) is 29.1. The van der Waals surface area contributed by atoms with Gasteiger partial charge in [0.05, 0.1) is 10.9 Å². The Hall–Kier alpha value is -6.35. The Morgan fingerprint density at radius 3 is 1.87 bits per heavy atom. The molecule has 1 aliphatic carbocycles. The monoisotopic (exact) mass is 677 g/mol. The molecule has 8 aromatic carbocycles. The van der Waals surface area contributed by atoms with Crippen molar-refractivity contribution >= 4 is 53.2 Å². The summed E-state index contributed by atoms with van der Waals surface area (Å²) in [6, 6.07) is 67.2. The highest BCUT2D eigenvalue weighted by Gasteiger charge is 2.48. The van der Waals surface area contributed by atoms with Crippen LogP contribution in [-0.4, -0.2) is 4.98 Å². The summed E-state index contributed by atoms with van der Waals surface area (Å²) >= 11 is 1.89. The summed E-state index contributed by atoms with van der Waals surface area (Å²) in [4.78, 5) is 5.04. The second-order valence-electron chi connectivity index (χ2n) is 13.8. The van der Waals surface area contributed by atoms with Crippen LogP contribution in [-0.2, 0) is 5.41 Å². The summed E-state index contributed by atoms with van der Waals surface area (Å²) in [5.41, 5.74) is 13.1. The van der Waals surface area contributed by atoms with E-state index in [-0.39, 0.29) is 0 Å². The number of benzene rings is 8. The van der Waals surface area contributed by atoms with Crippen molar-refractivity contribution in [1.29, 1.82) is 0 Å². The SMILES string of the molecule is c1ccc(C2(c3ccccc3)c3cc(-c4cccc(-c5cccc6c5sc5ccccc56)c4)ccc3-c3c2c2cccnc2c2ccccc32)cc1. The molecule has 0 atom stereocenters. The molecule has 0 N–H and O–H groups in total. The summed E-state index contributed by atoms with van der Waals surface area (Å²) in [5.74, 6) is 0. The van der Waals surface area contributed by atoms with E-state index in [1.165, 1.54) is 92.0 Å². The minimum absolute atomic E-state index is 0.561. The van der Waals surface area contributed by atoms with Gasteiger partial charge < -0.3 is 0 Å². The van der Waals surface area contributed by atoms with Crippen molar-refractivity contribution in [2.45, 2.75) is 5.41 Å². The number of pyridine rings is 1. The van der Waals surface area contributed by atoms with E-state index in [1.807, 2.05) is 17.5 Å². The number of hydrogen-bond donors (Lipinski definition) is 0. The Morgan fingerprint density at radius 1 is 0.423 bits per heavy atom. The molecular weight excluding hydrogens is 647 g/mol. The summed E-state index contributed by atoms with van der Waals surface area (Å²) in [5, 5.41) is 6.27. The minimum atomic E-state index is -0.561. The van der Waals surface area contributed by atoms with Crippen LogP contribution in [0.4, 0.5) is 0 Å². The van der Waals surface area contributed by atoms with Gasteiger partial charge in [-0.25, -0.2) is 0 Å². The highest BCUT2D eigenvalue weighted by molar-refractivity contribution is 7.26. The van der Waals surface area contributed by atoms with Crippen LogP contribution < -0.4 is 0 Å². The van der Waals surface area contributed by atoms with E-state index in [9.17, 15) is 0 Å². The van der Waals surface area contributed by atoms with E-state index >= 15 is 0 Å². The second-order valence-corrected chi connectivity index (χ2v) is 14.9. The van der Waals surface area contributed by atoms with Gasteiger partial charge in [-0.05, 0) is 85.3 Å². The van der Waals surface area contributed by atoms with Crippen molar-refractivity contribution in [2.24, 2.45) is 0 Å². The molecule has 10 aromatic rings. The normalized spacial score (nSPS) is 13.2. The fourth-order valence-corrected chi connectivity index (χ4v) is 10.3. The first-order chi connectivity index (χ1) is 25.8. The second kappa shape index (κ2) is 11.3. The Kier molecular flexibility index (Phi) is 6.40. The molecule has 0 fully saturated rings. The number of nitrogens with zero attached hydrogens (tertiary/aromatic N) is 1. The lowest BCUT2D eigenvalue weighted by molar-refractivity contribution is 0.776. The first-order valence-corrected chi connectivity index (χ1v) is 18.7. The Morgan fingerprint density at radius 2 is 1.06 bits per heavy atom. The maximum atomic E-state index is 5.04. The van der Waals surface area contributed by atoms with E-state index in [0.717, 1.165) is 5.52 Å². The van der Waals surface area contributed by atoms with Crippen LogP contribution in [0.3, 0.4) is 0 Å². The van der Waals surface area contributed by atoms with Gasteiger partial charge in [-0.15, -0.1) is 11.3 Å². The highest BCUT2D eigenvalue weighted by Crippen LogP contribution is 2.60. The lowest BCUT2D eigenvalue weighted by Crippen LogP contribution is -2.29. The molecule has 0 saturated heterocycles. The summed E-state index contributed by atoms with van der Waals surface area (Å²) in [6.07, 6.45) is 1.93. The van der Waals surface area contributed by atoms with Crippen LogP contribution in [0.5, 0.6) is 0 Å². The third kappa shape index (κ3) is 4.07. The molecular formula is C50H31NS. The lowest BCUT2D eigenvalue weighted by atomic mass is 9.66. The average molecular weight is 678 g/mol. The van der Waals surface area contributed by atoms with Gasteiger partial charge in [-0.2, -0.15) is 0 Å². The van der Waals surface area contributed by atoms with Crippen molar-refractivity contribution < 1.29 is 0 Å². The molecule has 2 aromatic heterocycles. The molecule has 2 heterocycles. The molecule has 2 heteroatoms. The van der Waals surface area contributed by atoms with Crippen molar-refractivity contribution in [2.75, 3.05) is 0 Å². The largest absolute Gasteiger partial charge is 0.256 e. The van der Waals surface area contributed by atoms with Gasteiger partial charge in [-0.3, -0.25) is 4.98 Å². The van der Waals surface area contributed by atoms with Crippen LogP contribution in [0.2, 0.25) is 0 Å². The maximum absolute atomic E-state index is 5.04. The zero-order valence-electron chi connectivity index (χ0n) is 28.3. The standard InChI is InChI=1S/C50H31NS/c1-3-16-35(17-4-1)50(36-18-5-2-6-19-36)44-31-33(27-28-42(44)46-39-21-7-8-22-40(39)48-43(47(46)50)25-13-29-51-48)32-14-11-15-34(30-32)37-23-12-24-41-38-20-9-10-26-45(38)52-49(37)41/h1-31H. The molecule has 1 nitrogen and oxygen atoms in total. The van der Waals surface area contributed by atoms with Crippen LogP contribution in [0.1, 0.15) is 22.3 Å². The van der Waals surface area contributed by atoms with Crippen LogP contribution in [0.15, 0.2) is 188 Å². The minimum Gasteiger partial charge on any atom is -0.256 e. The van der Waals surface area contributed by atoms with Gasteiger partial charge in [0.1, 0.15) is 0 Å². The molecule has 1 aliphatic rings. The van der Waals surface area contributed by atoms with Crippen molar-refractivity contribution in [3.63, 3.8) is 0 Å². The Labute approximate surface area is 306 Å². The number of rotatable bonds is 4. The predicted octanol–water partition coefficient (Wildman–Crippen LogP) is 13.5. The van der Waals surface area contributed by atoms with Crippen LogP contribution in [0.25, 0.3) is 75.2 Å². The average Bonchev–Trinajstić information content (AvgIpc) is 3.76. The number of fused-ring (bicyclic) bond motifs is 11. The third-order valence-electron chi connectivity index (χ3n) is 11.2. The molecule has 0 unspecified atom stereocenters. The summed E-state index contributed by atoms with van der Waals surface area (Å²) in [6.45, 7) is 0. The quantitative estimate of drug-likeness (QED) is 0.169. The van der Waals surface area contributed by atoms with Crippen LogP contribution >= 0.6 is 11.3 Å². The van der Waals surface area contributed by atoms with E-state index in [2.05, 4.69) is 182 Å². The highest BCUT2D eigenvalue weighted by atomic mass is 32.1. The van der Waals surface area contributed by atoms with E-state index in [1.54, 1.807) is 0 Å². The number of hydrogen-bond acceptors (Lipinski definition) is 2. The van der Waals surface area contributed by atoms with Gasteiger partial charge in [-0.1, -0.05) is 158 Å². The Balaban J connectivity index is 1.21. The topological polar surface area (TPSA) is 12.9 Å². The van der Waals surface area contributed by atoms with Gasteiger partial charge in [0.2, 0.25) is 0 Å². The van der Waals surface area contributed by atoms with Gasteiger partial charge in [0, 0.05) is 37.1 Å². The van der Waals surface area contributed by atoms with Gasteiger partial charge >= 0.3 is 0 Å². The van der Waals surface area contributed by atoms with Crippen molar-refractivity contribution in [3.8, 4) is 33.4 Å². The van der Waals surface area contributed by atoms with Crippen molar-refractivity contribution in [1.82, 2.24) is 4.98 Å². The molecule has 52 heavy (non-hydrogen) atoms. The first-order valence-electron chi connectivity index (χ1n) is 17.9. The predicted molar refractivity (Wildman–Crippen MR) is 220 cm³/mol. The first kappa shape index (κ1) is 29.4. The fraction of sp³-hybridized carbons (Fsp3) is 0.0200. The fourth-order valence-electron chi connectivity index (χ4n) is 9.04. The smallest absolute Gasteiger partial charge is 0.0784 e. The molecule has 0 amide bonds. The number of aromatic nitrogens is 1. The molecule has 11 rings (SSSR count). The van der Waals surface area contributed by atoms with Gasteiger partial charge in [0.15, 0.2) is 0 Å². The Bertz CT molecular complexity index is 2970. The maximum Gasteiger partial charge on any atom is 0.0784 e. The summed E-state index contributed by atoms with van der Waals surface area (Å²) in [7, 11) is 0. The molecule has 0 radical (unpaired) electrons. The molecule has 0 aliphatic heterocycles. The lowest BCUT2D eigenvalue weighted by Gasteiger charge is -2.35. The molecule has 242 valence electrons. The van der Waals surface area contributed by atoms with E-state index in [0.29, 0.717) is 0 Å². The van der Waals surface area contributed by atoms with E-state index < -0.39 is 5.41 Å². The molecule has 0 spiro atoms. The van der Waals surface area contributed by atoms with E-state index in [4.69, 9.17) is 4.98 Å². The molecule has 0 saturated carbocycles. The van der Waals surface area contributed by atoms with Crippen molar-refractivity contribution in [3.05, 3.63) is 210 Å². The zero-order chi connectivity index (χ0) is 34.2.